The molecule has 0 atom stereocenters. The molecule has 2 amide bonds. The Labute approximate surface area is 213 Å². The number of nitrogens with one attached hydrogen (secondary N) is 3. The second kappa shape index (κ2) is 9.73. The number of anilines is 1. The van der Waals surface area contributed by atoms with Crippen LogP contribution in [0.4, 0.5) is 10.6 Å². The topological polar surface area (TPSA) is 105 Å². The third kappa shape index (κ3) is 4.61. The second-order valence-corrected chi connectivity index (χ2v) is 9.16. The number of aromatic amines is 1. The number of rotatable bonds is 5. The van der Waals surface area contributed by atoms with Crippen molar-refractivity contribution in [2.45, 2.75) is 32.2 Å². The highest BCUT2D eigenvalue weighted by molar-refractivity contribution is 5.90. The number of carbonyl (C=O) groups excluding carboxylic acids is 1. The van der Waals surface area contributed by atoms with E-state index >= 15 is 0 Å². The quantitative estimate of drug-likeness (QED) is 0.323. The summed E-state index contributed by atoms with van der Waals surface area (Å²) in [5.41, 5.74) is 3.96. The lowest BCUT2D eigenvalue weighted by atomic mass is 9.97. The Kier molecular flexibility index (Phi) is 5.98. The lowest BCUT2D eigenvalue weighted by Crippen LogP contribution is -2.30. The summed E-state index contributed by atoms with van der Waals surface area (Å²) in [6.45, 7) is 0.362. The van der Waals surface area contributed by atoms with Crippen molar-refractivity contribution in [3.8, 4) is 17.2 Å². The van der Waals surface area contributed by atoms with Gasteiger partial charge in [0.05, 0.1) is 11.4 Å². The van der Waals surface area contributed by atoms with E-state index in [0.717, 1.165) is 58.8 Å². The molecular formula is C29H26N6O2. The number of H-pyrrole nitrogens is 1. The van der Waals surface area contributed by atoms with Gasteiger partial charge in [0, 0.05) is 23.7 Å². The van der Waals surface area contributed by atoms with E-state index in [9.17, 15) is 9.59 Å². The number of nitrogens with zero attached hydrogens (tertiary/aromatic N) is 3. The van der Waals surface area contributed by atoms with Crippen molar-refractivity contribution < 1.29 is 4.79 Å². The highest BCUT2D eigenvalue weighted by Crippen LogP contribution is 2.25. The predicted octanol–water partition coefficient (Wildman–Crippen LogP) is 4.98. The molecule has 0 bridgehead atoms. The van der Waals surface area contributed by atoms with Gasteiger partial charge in [0.2, 0.25) is 5.95 Å². The van der Waals surface area contributed by atoms with Gasteiger partial charge in [-0.25, -0.2) is 9.78 Å². The fraction of sp³-hybridized carbons (Fsp3) is 0.172. The summed E-state index contributed by atoms with van der Waals surface area (Å²) >= 11 is 0. The minimum Gasteiger partial charge on any atom is -0.334 e. The maximum absolute atomic E-state index is 13.0. The smallest absolute Gasteiger partial charge is 0.320 e. The van der Waals surface area contributed by atoms with Gasteiger partial charge in [-0.3, -0.25) is 15.1 Å². The van der Waals surface area contributed by atoms with Crippen molar-refractivity contribution in [3.05, 3.63) is 106 Å². The lowest BCUT2D eigenvalue weighted by molar-refractivity contribution is 0.251. The van der Waals surface area contributed by atoms with Crippen molar-refractivity contribution in [3.63, 3.8) is 0 Å². The molecule has 6 rings (SSSR count). The van der Waals surface area contributed by atoms with Gasteiger partial charge >= 0.3 is 6.03 Å². The molecule has 2 aromatic heterocycles. The fourth-order valence-electron chi connectivity index (χ4n) is 4.85. The minimum absolute atomic E-state index is 0.150. The summed E-state index contributed by atoms with van der Waals surface area (Å²) < 4.78 is 1.50. The van der Waals surface area contributed by atoms with Crippen LogP contribution in [0.2, 0.25) is 0 Å². The van der Waals surface area contributed by atoms with E-state index in [1.807, 2.05) is 60.7 Å². The Morgan fingerprint density at radius 1 is 0.946 bits per heavy atom. The van der Waals surface area contributed by atoms with Gasteiger partial charge in [-0.1, -0.05) is 72.8 Å². The molecule has 0 radical (unpaired) electrons. The van der Waals surface area contributed by atoms with Gasteiger partial charge < -0.3 is 5.32 Å². The molecule has 2 heterocycles. The highest BCUT2D eigenvalue weighted by Gasteiger charge is 2.20. The maximum Gasteiger partial charge on any atom is 0.320 e. The first-order valence-corrected chi connectivity index (χ1v) is 12.4. The number of hydrogen-bond acceptors (Lipinski definition) is 4. The molecule has 8 nitrogen and oxygen atoms in total. The van der Waals surface area contributed by atoms with E-state index in [1.165, 1.54) is 4.68 Å². The zero-order valence-electron chi connectivity index (χ0n) is 20.2. The van der Waals surface area contributed by atoms with E-state index < -0.39 is 0 Å². The molecular weight excluding hydrogens is 464 g/mol. The molecule has 37 heavy (non-hydrogen) atoms. The van der Waals surface area contributed by atoms with Crippen molar-refractivity contribution in [1.29, 1.82) is 0 Å². The number of aromatic nitrogens is 4. The molecule has 5 aromatic rings. The van der Waals surface area contributed by atoms with E-state index in [1.54, 1.807) is 6.07 Å². The number of fused-ring (bicyclic) bond motifs is 2. The van der Waals surface area contributed by atoms with Crippen LogP contribution in [0.15, 0.2) is 83.7 Å². The Morgan fingerprint density at radius 2 is 1.73 bits per heavy atom. The van der Waals surface area contributed by atoms with Crippen LogP contribution in [0.25, 0.3) is 28.0 Å². The molecule has 3 aromatic carbocycles. The summed E-state index contributed by atoms with van der Waals surface area (Å²) in [4.78, 5) is 33.4. The Bertz CT molecular complexity index is 1650. The minimum atomic E-state index is -0.381. The zero-order valence-corrected chi connectivity index (χ0v) is 20.2. The fourth-order valence-corrected chi connectivity index (χ4v) is 4.85. The van der Waals surface area contributed by atoms with Crippen LogP contribution in [0.1, 0.15) is 29.7 Å². The second-order valence-electron chi connectivity index (χ2n) is 9.16. The summed E-state index contributed by atoms with van der Waals surface area (Å²) in [6.07, 6.45) is 3.47. The third-order valence-corrected chi connectivity index (χ3v) is 6.72. The first-order valence-electron chi connectivity index (χ1n) is 12.4. The van der Waals surface area contributed by atoms with E-state index in [0.29, 0.717) is 18.1 Å². The van der Waals surface area contributed by atoms with Gasteiger partial charge in [-0.05, 0) is 42.0 Å². The number of carbonyl (C=O) groups is 1. The van der Waals surface area contributed by atoms with Gasteiger partial charge in [0.15, 0.2) is 0 Å². The predicted molar refractivity (Wildman–Crippen MR) is 144 cm³/mol. The average Bonchev–Trinajstić information content (AvgIpc) is 3.36. The summed E-state index contributed by atoms with van der Waals surface area (Å²) in [6, 6.07) is 25.2. The van der Waals surface area contributed by atoms with Gasteiger partial charge in [-0.2, -0.15) is 9.78 Å². The van der Waals surface area contributed by atoms with E-state index in [-0.39, 0.29) is 17.5 Å². The van der Waals surface area contributed by atoms with Crippen LogP contribution in [0.5, 0.6) is 0 Å². The van der Waals surface area contributed by atoms with Crippen molar-refractivity contribution in [1.82, 2.24) is 25.1 Å². The molecule has 184 valence electrons. The molecule has 0 aliphatic heterocycles. The van der Waals surface area contributed by atoms with Crippen molar-refractivity contribution in [2.24, 2.45) is 0 Å². The molecule has 0 saturated carbocycles. The summed E-state index contributed by atoms with van der Waals surface area (Å²) in [5.74, 6) is 0.699. The Balaban J connectivity index is 1.31. The molecule has 8 heteroatoms. The number of amides is 2. The van der Waals surface area contributed by atoms with Crippen LogP contribution in [-0.2, 0) is 19.4 Å². The third-order valence-electron chi connectivity index (χ3n) is 6.72. The summed E-state index contributed by atoms with van der Waals surface area (Å²) in [5, 5.41) is 12.8. The number of benzene rings is 3. The molecule has 1 aliphatic rings. The lowest BCUT2D eigenvalue weighted by Gasteiger charge is -2.15. The molecule has 0 unspecified atom stereocenters. The maximum atomic E-state index is 13.0. The standard InChI is InChI=1S/C29H26N6O2/c36-27-23-15-6-7-16-24(23)31-28(33-27)35-26(17-25(34-35)20-10-2-1-3-11-20)32-29(37)30-18-21-13-8-12-19-9-4-5-14-22(19)21/h1-5,8-14,17H,6-7,15-16,18H2,(H2,30,32,37)(H,31,33,36). The molecule has 1 aliphatic carbocycles. The van der Waals surface area contributed by atoms with Gasteiger partial charge in [0.1, 0.15) is 5.82 Å². The van der Waals surface area contributed by atoms with Crippen LogP contribution < -0.4 is 16.2 Å². The first kappa shape index (κ1) is 22.7. The molecule has 0 fully saturated rings. The van der Waals surface area contributed by atoms with Crippen molar-refractivity contribution >= 4 is 22.6 Å². The van der Waals surface area contributed by atoms with Crippen LogP contribution >= 0.6 is 0 Å². The van der Waals surface area contributed by atoms with Crippen LogP contribution in [0, 0.1) is 0 Å². The number of aryl methyl sites for hydroxylation is 1. The van der Waals surface area contributed by atoms with E-state index in [2.05, 4.69) is 27.8 Å². The zero-order chi connectivity index (χ0) is 25.2. The van der Waals surface area contributed by atoms with Gasteiger partial charge in [-0.15, -0.1) is 0 Å². The molecule has 3 N–H and O–H groups in total. The monoisotopic (exact) mass is 490 g/mol. The first-order chi connectivity index (χ1) is 18.2. The normalized spacial score (nSPS) is 12.8. The number of urea groups is 1. The SMILES string of the molecule is O=C(NCc1cccc2ccccc12)Nc1cc(-c2ccccc2)nn1-c1nc2c(c(=O)[nH]1)CCCC2. The largest absolute Gasteiger partial charge is 0.334 e. The Hall–Kier alpha value is -4.72. The molecule has 0 saturated heterocycles. The van der Waals surface area contributed by atoms with Crippen LogP contribution in [-0.4, -0.2) is 25.8 Å². The van der Waals surface area contributed by atoms with Crippen molar-refractivity contribution in [2.75, 3.05) is 5.32 Å². The summed E-state index contributed by atoms with van der Waals surface area (Å²) in [7, 11) is 0. The van der Waals surface area contributed by atoms with Crippen LogP contribution in [0.3, 0.4) is 0 Å². The highest BCUT2D eigenvalue weighted by atomic mass is 16.2. The number of hydrogen-bond donors (Lipinski definition) is 3. The molecule has 0 spiro atoms. The Morgan fingerprint density at radius 3 is 2.62 bits per heavy atom. The van der Waals surface area contributed by atoms with E-state index in [4.69, 9.17) is 10.1 Å². The average molecular weight is 491 g/mol. The van der Waals surface area contributed by atoms with Gasteiger partial charge in [0.25, 0.3) is 5.56 Å².